The van der Waals surface area contributed by atoms with Crippen LogP contribution >= 0.6 is 22.7 Å². The molecule has 0 radical (unpaired) electrons. The third kappa shape index (κ3) is 1.57. The van der Waals surface area contributed by atoms with Gasteiger partial charge in [-0.2, -0.15) is 22.7 Å². The SMILES string of the molecule is c1cc2c(ccc3c4ccc5cscc5c4ccc23)c2cscc12. The Labute approximate surface area is 146 Å². The van der Waals surface area contributed by atoms with Crippen molar-refractivity contribution in [1.82, 2.24) is 0 Å². The van der Waals surface area contributed by atoms with Gasteiger partial charge in [-0.05, 0) is 64.6 Å². The highest BCUT2D eigenvalue weighted by molar-refractivity contribution is 7.09. The highest BCUT2D eigenvalue weighted by Crippen LogP contribution is 2.37. The van der Waals surface area contributed by atoms with Gasteiger partial charge in [-0.15, -0.1) is 0 Å². The zero-order chi connectivity index (χ0) is 15.7. The summed E-state index contributed by atoms with van der Waals surface area (Å²) in [4.78, 5) is 0. The molecule has 0 amide bonds. The van der Waals surface area contributed by atoms with Gasteiger partial charge < -0.3 is 0 Å². The minimum Gasteiger partial charge on any atom is -0.151 e. The average Bonchev–Trinajstić information content (AvgIpc) is 3.29. The van der Waals surface area contributed by atoms with Crippen molar-refractivity contribution < 1.29 is 0 Å². The predicted octanol–water partition coefficient (Wildman–Crippen LogP) is 7.58. The fraction of sp³-hybridized carbons (Fsp3) is 0. The van der Waals surface area contributed by atoms with E-state index in [9.17, 15) is 0 Å². The summed E-state index contributed by atoms with van der Waals surface area (Å²) in [5.41, 5.74) is 0. The number of hydrogen-bond acceptors (Lipinski definition) is 2. The van der Waals surface area contributed by atoms with Gasteiger partial charge in [-0.25, -0.2) is 0 Å². The quantitative estimate of drug-likeness (QED) is 0.250. The van der Waals surface area contributed by atoms with Crippen molar-refractivity contribution >= 4 is 76.5 Å². The lowest BCUT2D eigenvalue weighted by Crippen LogP contribution is -1.82. The molecule has 2 heteroatoms. The minimum atomic E-state index is 1.34. The lowest BCUT2D eigenvalue weighted by Gasteiger charge is -2.09. The first kappa shape index (κ1) is 12.9. The molecule has 2 heterocycles. The molecule has 0 aliphatic rings. The first-order valence-corrected chi connectivity index (χ1v) is 9.88. The van der Waals surface area contributed by atoms with Crippen LogP contribution in [0.3, 0.4) is 0 Å². The molecule has 0 N–H and O–H groups in total. The van der Waals surface area contributed by atoms with Crippen molar-refractivity contribution in [3.63, 3.8) is 0 Å². The summed E-state index contributed by atoms with van der Waals surface area (Å²) in [5, 5.41) is 22.5. The topological polar surface area (TPSA) is 0 Å². The molecule has 0 atom stereocenters. The van der Waals surface area contributed by atoms with E-state index in [4.69, 9.17) is 0 Å². The highest BCUT2D eigenvalue weighted by atomic mass is 32.1. The molecule has 0 saturated carbocycles. The van der Waals surface area contributed by atoms with Crippen LogP contribution in [0.4, 0.5) is 0 Å². The second kappa shape index (κ2) is 4.56. The zero-order valence-corrected chi connectivity index (χ0v) is 14.4. The zero-order valence-electron chi connectivity index (χ0n) is 12.7. The second-order valence-corrected chi connectivity index (χ2v) is 7.78. The van der Waals surface area contributed by atoms with E-state index in [1.807, 2.05) is 0 Å². The number of benzene rings is 4. The van der Waals surface area contributed by atoms with Gasteiger partial charge in [0.15, 0.2) is 0 Å². The molecule has 0 nitrogen and oxygen atoms in total. The van der Waals surface area contributed by atoms with E-state index in [1.165, 1.54) is 53.9 Å². The largest absolute Gasteiger partial charge is 0.151 e. The van der Waals surface area contributed by atoms with Gasteiger partial charge in [-0.1, -0.05) is 48.5 Å². The summed E-state index contributed by atoms with van der Waals surface area (Å²) in [6, 6.07) is 18.3. The van der Waals surface area contributed by atoms with E-state index >= 15 is 0 Å². The lowest BCUT2D eigenvalue weighted by molar-refractivity contribution is 1.86. The van der Waals surface area contributed by atoms with Gasteiger partial charge in [0, 0.05) is 10.8 Å². The second-order valence-electron chi connectivity index (χ2n) is 6.30. The Morgan fingerprint density at radius 1 is 0.333 bits per heavy atom. The standard InChI is InChI=1S/C22H12S2/c1-3-15-17-5-8-20-16(4-2-14-10-24-12-22(14)20)18(17)6-7-19(15)21-11-23-9-13(1)21/h1-12H. The first-order chi connectivity index (χ1) is 11.9. The Hall–Kier alpha value is -2.42. The smallest absolute Gasteiger partial charge is 0.000205 e. The normalized spacial score (nSPS) is 12.2. The van der Waals surface area contributed by atoms with E-state index in [0.29, 0.717) is 0 Å². The minimum absolute atomic E-state index is 1.34. The van der Waals surface area contributed by atoms with E-state index in [-0.39, 0.29) is 0 Å². The molecule has 112 valence electrons. The van der Waals surface area contributed by atoms with Crippen LogP contribution in [0.1, 0.15) is 0 Å². The van der Waals surface area contributed by atoms with Crippen LogP contribution in [0.15, 0.2) is 70.1 Å². The van der Waals surface area contributed by atoms with Crippen molar-refractivity contribution in [3.05, 3.63) is 70.1 Å². The molecule has 0 bridgehead atoms. The fourth-order valence-corrected chi connectivity index (χ4v) is 5.58. The molecule has 0 saturated heterocycles. The molecule has 0 aliphatic heterocycles. The van der Waals surface area contributed by atoms with Crippen LogP contribution in [-0.4, -0.2) is 0 Å². The maximum atomic E-state index is 2.30. The monoisotopic (exact) mass is 340 g/mol. The lowest BCUT2D eigenvalue weighted by atomic mass is 9.94. The van der Waals surface area contributed by atoms with Gasteiger partial charge in [-0.3, -0.25) is 0 Å². The molecule has 2 aromatic heterocycles. The van der Waals surface area contributed by atoms with Crippen molar-refractivity contribution in [2.45, 2.75) is 0 Å². The van der Waals surface area contributed by atoms with E-state index in [1.54, 1.807) is 22.7 Å². The van der Waals surface area contributed by atoms with Crippen LogP contribution in [-0.2, 0) is 0 Å². The molecule has 6 aromatic rings. The Morgan fingerprint density at radius 3 is 1.08 bits per heavy atom. The van der Waals surface area contributed by atoms with Crippen LogP contribution in [0.2, 0.25) is 0 Å². The fourth-order valence-electron chi connectivity index (χ4n) is 3.94. The summed E-state index contributed by atoms with van der Waals surface area (Å²) in [6.07, 6.45) is 0. The summed E-state index contributed by atoms with van der Waals surface area (Å²) < 4.78 is 0. The Balaban J connectivity index is 1.86. The Morgan fingerprint density at radius 2 is 0.667 bits per heavy atom. The molecule has 0 aliphatic carbocycles. The summed E-state index contributed by atoms with van der Waals surface area (Å²) in [7, 11) is 0. The molecular formula is C22H12S2. The van der Waals surface area contributed by atoms with Gasteiger partial charge >= 0.3 is 0 Å². The molecule has 0 unspecified atom stereocenters. The summed E-state index contributed by atoms with van der Waals surface area (Å²) in [6.45, 7) is 0. The van der Waals surface area contributed by atoms with Crippen LogP contribution in [0.25, 0.3) is 53.9 Å². The van der Waals surface area contributed by atoms with Gasteiger partial charge in [0.25, 0.3) is 0 Å². The van der Waals surface area contributed by atoms with E-state index in [2.05, 4.69) is 70.1 Å². The third-order valence-electron chi connectivity index (χ3n) is 5.11. The van der Waals surface area contributed by atoms with Gasteiger partial charge in [0.2, 0.25) is 0 Å². The maximum absolute atomic E-state index is 2.30. The van der Waals surface area contributed by atoms with Crippen LogP contribution in [0, 0.1) is 0 Å². The van der Waals surface area contributed by atoms with Gasteiger partial charge in [0.05, 0.1) is 0 Å². The number of thiophene rings is 2. The maximum Gasteiger partial charge on any atom is 0.000205 e. The first-order valence-electron chi connectivity index (χ1n) is 7.99. The number of rotatable bonds is 0. The van der Waals surface area contributed by atoms with E-state index < -0.39 is 0 Å². The molecule has 6 rings (SSSR count). The predicted molar refractivity (Wildman–Crippen MR) is 110 cm³/mol. The van der Waals surface area contributed by atoms with Crippen molar-refractivity contribution in [2.75, 3.05) is 0 Å². The number of fused-ring (bicyclic) bond motifs is 9. The van der Waals surface area contributed by atoms with Gasteiger partial charge in [0.1, 0.15) is 0 Å². The van der Waals surface area contributed by atoms with Crippen LogP contribution in [0.5, 0.6) is 0 Å². The molecule has 0 spiro atoms. The van der Waals surface area contributed by atoms with Crippen molar-refractivity contribution in [1.29, 1.82) is 0 Å². The molecule has 4 aromatic carbocycles. The number of hydrogen-bond donors (Lipinski definition) is 0. The Bertz CT molecular complexity index is 1290. The summed E-state index contributed by atoms with van der Waals surface area (Å²) in [5.74, 6) is 0. The third-order valence-corrected chi connectivity index (χ3v) is 6.63. The molecule has 24 heavy (non-hydrogen) atoms. The van der Waals surface area contributed by atoms with Crippen molar-refractivity contribution in [3.8, 4) is 0 Å². The van der Waals surface area contributed by atoms with Crippen molar-refractivity contribution in [2.24, 2.45) is 0 Å². The van der Waals surface area contributed by atoms with Crippen LogP contribution < -0.4 is 0 Å². The molecule has 0 fully saturated rings. The Kier molecular flexibility index (Phi) is 2.46. The highest BCUT2D eigenvalue weighted by Gasteiger charge is 2.09. The molecular weight excluding hydrogens is 328 g/mol. The average molecular weight is 340 g/mol. The summed E-state index contributed by atoms with van der Waals surface area (Å²) >= 11 is 3.56. The van der Waals surface area contributed by atoms with E-state index in [0.717, 1.165) is 0 Å².